The molecule has 0 bridgehead atoms. The molecule has 0 aromatic heterocycles. The van der Waals surface area contributed by atoms with Crippen LogP contribution in [0.25, 0.3) is 0 Å². The van der Waals surface area contributed by atoms with E-state index in [-0.39, 0.29) is 23.5 Å². The molecule has 38 heavy (non-hydrogen) atoms. The Bertz CT molecular complexity index is 1140. The van der Waals surface area contributed by atoms with Crippen LogP contribution in [0.15, 0.2) is 55.1 Å². The third-order valence-electron chi connectivity index (χ3n) is 7.41. The van der Waals surface area contributed by atoms with Crippen molar-refractivity contribution >= 4 is 11.8 Å². The maximum atomic E-state index is 14.3. The molecule has 0 N–H and O–H groups in total. The van der Waals surface area contributed by atoms with Gasteiger partial charge in [-0.3, -0.25) is 14.5 Å². The molecular formula is C31H40FN3O3. The Morgan fingerprint density at radius 1 is 1.11 bits per heavy atom. The van der Waals surface area contributed by atoms with Crippen molar-refractivity contribution in [2.75, 3.05) is 39.3 Å². The normalized spacial score (nSPS) is 18.7. The molecule has 2 aliphatic rings. The van der Waals surface area contributed by atoms with Crippen molar-refractivity contribution in [1.82, 2.24) is 14.7 Å². The number of rotatable bonds is 9. The van der Waals surface area contributed by atoms with Crippen LogP contribution in [0.3, 0.4) is 0 Å². The summed E-state index contributed by atoms with van der Waals surface area (Å²) in [7, 11) is 0. The Balaban J connectivity index is 1.59. The Kier molecular flexibility index (Phi) is 9.21. The standard InChI is InChI=1S/C31H40FN3O3/c1-5-13-33-15-17-34(18-16-33)31(37)28(6-2)38-26-11-10-23-12-14-35(29(36)19-22(3)4)30(27(23)21-26)24-8-7-9-25(32)20-24/h5,7-11,20-22,28,30H,1,6,12-19H2,2-4H3/t28-,30+/m0/s1. The smallest absolute Gasteiger partial charge is 0.263 e. The molecule has 2 atom stereocenters. The van der Waals surface area contributed by atoms with Gasteiger partial charge in [-0.25, -0.2) is 4.39 Å². The van der Waals surface area contributed by atoms with Gasteiger partial charge < -0.3 is 14.5 Å². The average Bonchev–Trinajstić information content (AvgIpc) is 2.90. The van der Waals surface area contributed by atoms with Crippen molar-refractivity contribution in [3.8, 4) is 5.75 Å². The van der Waals surface area contributed by atoms with Crippen LogP contribution in [0.5, 0.6) is 5.75 Å². The van der Waals surface area contributed by atoms with E-state index < -0.39 is 12.1 Å². The number of ether oxygens (including phenoxy) is 1. The van der Waals surface area contributed by atoms with Crippen molar-refractivity contribution < 1.29 is 18.7 Å². The zero-order valence-corrected chi connectivity index (χ0v) is 22.9. The van der Waals surface area contributed by atoms with Crippen molar-refractivity contribution in [2.24, 2.45) is 5.92 Å². The summed E-state index contributed by atoms with van der Waals surface area (Å²) in [5.41, 5.74) is 2.77. The molecule has 0 aliphatic carbocycles. The first-order valence-corrected chi connectivity index (χ1v) is 13.8. The summed E-state index contributed by atoms with van der Waals surface area (Å²) in [4.78, 5) is 32.6. The number of fused-ring (bicyclic) bond motifs is 1. The number of carbonyl (C=O) groups is 2. The van der Waals surface area contributed by atoms with Gasteiger partial charge in [0.2, 0.25) is 5.91 Å². The molecule has 2 aromatic rings. The lowest BCUT2D eigenvalue weighted by molar-refractivity contribution is -0.140. The summed E-state index contributed by atoms with van der Waals surface area (Å²) in [5, 5.41) is 0. The van der Waals surface area contributed by atoms with Gasteiger partial charge in [0.15, 0.2) is 6.10 Å². The summed E-state index contributed by atoms with van der Waals surface area (Å²) in [6, 6.07) is 11.9. The van der Waals surface area contributed by atoms with Gasteiger partial charge in [-0.15, -0.1) is 6.58 Å². The molecule has 0 radical (unpaired) electrons. The van der Waals surface area contributed by atoms with E-state index in [2.05, 4.69) is 11.5 Å². The number of carbonyl (C=O) groups excluding carboxylic acids is 2. The number of benzene rings is 2. The van der Waals surface area contributed by atoms with Crippen LogP contribution >= 0.6 is 0 Å². The number of piperazine rings is 1. The largest absolute Gasteiger partial charge is 0.481 e. The molecule has 2 aliphatic heterocycles. The fourth-order valence-corrected chi connectivity index (χ4v) is 5.45. The third-order valence-corrected chi connectivity index (χ3v) is 7.41. The first kappa shape index (κ1) is 27.8. The van der Waals surface area contributed by atoms with Crippen LogP contribution in [0.4, 0.5) is 4.39 Å². The molecule has 204 valence electrons. The fourth-order valence-electron chi connectivity index (χ4n) is 5.45. The van der Waals surface area contributed by atoms with E-state index in [4.69, 9.17) is 4.74 Å². The molecule has 2 amide bonds. The van der Waals surface area contributed by atoms with Crippen LogP contribution in [0, 0.1) is 11.7 Å². The Morgan fingerprint density at radius 2 is 1.87 bits per heavy atom. The molecule has 6 nitrogen and oxygen atoms in total. The number of halogens is 1. The van der Waals surface area contributed by atoms with Crippen LogP contribution in [-0.4, -0.2) is 71.9 Å². The summed E-state index contributed by atoms with van der Waals surface area (Å²) in [6.07, 6.45) is 3.00. The Morgan fingerprint density at radius 3 is 2.53 bits per heavy atom. The van der Waals surface area contributed by atoms with Crippen LogP contribution in [-0.2, 0) is 16.0 Å². The first-order chi connectivity index (χ1) is 18.3. The molecule has 0 unspecified atom stereocenters. The van der Waals surface area contributed by atoms with Gasteiger partial charge in [-0.1, -0.05) is 45.0 Å². The quantitative estimate of drug-likeness (QED) is 0.444. The van der Waals surface area contributed by atoms with Crippen molar-refractivity contribution in [1.29, 1.82) is 0 Å². The van der Waals surface area contributed by atoms with Crippen LogP contribution < -0.4 is 4.74 Å². The molecule has 2 heterocycles. The van der Waals surface area contributed by atoms with Gasteiger partial charge in [0.1, 0.15) is 11.6 Å². The number of hydrogen-bond acceptors (Lipinski definition) is 4. The topological polar surface area (TPSA) is 53.1 Å². The monoisotopic (exact) mass is 521 g/mol. The molecule has 2 aromatic carbocycles. The third kappa shape index (κ3) is 6.44. The Labute approximate surface area is 226 Å². The van der Waals surface area contributed by atoms with E-state index in [9.17, 15) is 14.0 Å². The van der Waals surface area contributed by atoms with Crippen molar-refractivity contribution in [2.45, 2.75) is 52.2 Å². The number of hydrogen-bond donors (Lipinski definition) is 0. The number of amides is 2. The van der Waals surface area contributed by atoms with E-state index in [1.165, 1.54) is 12.1 Å². The highest BCUT2D eigenvalue weighted by Gasteiger charge is 2.33. The van der Waals surface area contributed by atoms with Gasteiger partial charge in [0.25, 0.3) is 5.91 Å². The average molecular weight is 522 g/mol. The highest BCUT2D eigenvalue weighted by atomic mass is 19.1. The second-order valence-electron chi connectivity index (χ2n) is 10.7. The van der Waals surface area contributed by atoms with Crippen LogP contribution in [0.2, 0.25) is 0 Å². The van der Waals surface area contributed by atoms with E-state index in [0.717, 1.165) is 42.7 Å². The summed E-state index contributed by atoms with van der Waals surface area (Å²) in [5.74, 6) is 0.543. The molecule has 1 saturated heterocycles. The second-order valence-corrected chi connectivity index (χ2v) is 10.7. The highest BCUT2D eigenvalue weighted by Crippen LogP contribution is 2.38. The van der Waals surface area contributed by atoms with Crippen molar-refractivity contribution in [3.05, 3.63) is 77.6 Å². The minimum absolute atomic E-state index is 0.00103. The predicted octanol–water partition coefficient (Wildman–Crippen LogP) is 4.83. The zero-order valence-electron chi connectivity index (χ0n) is 22.9. The molecule has 4 rings (SSSR count). The maximum absolute atomic E-state index is 14.3. The van der Waals surface area contributed by atoms with Gasteiger partial charge in [0, 0.05) is 45.7 Å². The van der Waals surface area contributed by atoms with Crippen molar-refractivity contribution in [3.63, 3.8) is 0 Å². The van der Waals surface area contributed by atoms with Gasteiger partial charge in [-0.05, 0) is 59.7 Å². The first-order valence-electron chi connectivity index (χ1n) is 13.8. The lowest BCUT2D eigenvalue weighted by Crippen LogP contribution is -2.52. The van der Waals surface area contributed by atoms with Crippen LogP contribution in [0.1, 0.15) is 56.3 Å². The van der Waals surface area contributed by atoms with Gasteiger partial charge in [-0.2, -0.15) is 0 Å². The second kappa shape index (κ2) is 12.6. The lowest BCUT2D eigenvalue weighted by Gasteiger charge is -2.38. The SMILES string of the molecule is C=CCN1CCN(C(=O)[C@H](CC)Oc2ccc3c(c2)[C@@H](c2cccc(F)c2)N(C(=O)CC(C)C)CC3)CC1. The maximum Gasteiger partial charge on any atom is 0.263 e. The van der Waals surface area contributed by atoms with E-state index in [1.54, 1.807) is 6.07 Å². The molecule has 1 fully saturated rings. The Hall–Kier alpha value is -3.19. The van der Waals surface area contributed by atoms with E-state index in [0.29, 0.717) is 38.2 Å². The summed E-state index contributed by atoms with van der Waals surface area (Å²) < 4.78 is 20.6. The minimum atomic E-state index is -0.589. The van der Waals surface area contributed by atoms with E-state index >= 15 is 0 Å². The summed E-state index contributed by atoms with van der Waals surface area (Å²) in [6.45, 7) is 14.2. The van der Waals surface area contributed by atoms with Gasteiger partial charge >= 0.3 is 0 Å². The zero-order chi connectivity index (χ0) is 27.2. The fraction of sp³-hybridized carbons (Fsp3) is 0.484. The predicted molar refractivity (Wildman–Crippen MR) is 147 cm³/mol. The minimum Gasteiger partial charge on any atom is -0.481 e. The molecule has 0 saturated carbocycles. The van der Waals surface area contributed by atoms with Gasteiger partial charge in [0.05, 0.1) is 6.04 Å². The highest BCUT2D eigenvalue weighted by molar-refractivity contribution is 5.81. The summed E-state index contributed by atoms with van der Waals surface area (Å²) >= 11 is 0. The molecule has 7 heteroatoms. The number of nitrogens with zero attached hydrogens (tertiary/aromatic N) is 3. The van der Waals surface area contributed by atoms with E-state index in [1.807, 2.05) is 60.9 Å². The lowest BCUT2D eigenvalue weighted by atomic mass is 9.87. The molecular weight excluding hydrogens is 481 g/mol. The molecule has 0 spiro atoms.